The molecule has 0 bridgehead atoms. The van der Waals surface area contributed by atoms with E-state index in [0.717, 1.165) is 0 Å². The van der Waals surface area contributed by atoms with Crippen molar-refractivity contribution in [3.63, 3.8) is 0 Å². The number of benzene rings is 3. The largest absolute Gasteiger partial charge is 0.478 e. The Kier molecular flexibility index (Phi) is 6.10. The van der Waals surface area contributed by atoms with Gasteiger partial charge in [-0.3, -0.25) is 9.59 Å². The number of carbonyl (C=O) groups excluding carboxylic acids is 1. The highest BCUT2D eigenvalue weighted by Gasteiger charge is 2.14. The molecule has 0 spiro atoms. The summed E-state index contributed by atoms with van der Waals surface area (Å²) < 4.78 is 7.47. The number of hydrazone groups is 1. The highest BCUT2D eigenvalue weighted by atomic mass is 35.5. The number of fused-ring (bicyclic) bond motifs is 2. The molecule has 178 valence electrons. The molecule has 1 amide bonds. The Labute approximate surface area is 209 Å². The summed E-state index contributed by atoms with van der Waals surface area (Å²) in [5.74, 6) is -0.773. The third-order valence-corrected chi connectivity index (χ3v) is 6.00. The third kappa shape index (κ3) is 4.37. The molecule has 0 saturated carbocycles. The molecule has 36 heavy (non-hydrogen) atoms. The molecule has 0 saturated heterocycles. The molecule has 2 N–H and O–H groups in total. The van der Waals surface area contributed by atoms with Gasteiger partial charge in [-0.25, -0.2) is 10.2 Å². The van der Waals surface area contributed by atoms with Crippen molar-refractivity contribution in [2.24, 2.45) is 5.10 Å². The fourth-order valence-electron chi connectivity index (χ4n) is 4.01. The molecule has 0 fully saturated rings. The lowest BCUT2D eigenvalue weighted by molar-refractivity contribution is -0.121. The van der Waals surface area contributed by atoms with E-state index in [1.807, 2.05) is 12.1 Å². The Morgan fingerprint density at radius 1 is 0.972 bits per heavy atom. The Bertz CT molecular complexity index is 1680. The monoisotopic (exact) mass is 499 g/mol. The number of rotatable bonds is 6. The SMILES string of the molecule is O=C(Cn1c2ccccc2c(=O)c2ccccc21)N/N=C\c1ccc(-c2cc(C(=O)O)ccc2Cl)o1. The number of carbonyl (C=O) groups is 2. The number of aromatic carboxylic acids is 1. The van der Waals surface area contributed by atoms with Gasteiger partial charge in [0.05, 0.1) is 27.8 Å². The zero-order valence-electron chi connectivity index (χ0n) is 18.6. The summed E-state index contributed by atoms with van der Waals surface area (Å²) in [6.07, 6.45) is 1.33. The summed E-state index contributed by atoms with van der Waals surface area (Å²) >= 11 is 6.19. The van der Waals surface area contributed by atoms with Gasteiger partial charge in [-0.15, -0.1) is 0 Å². The van der Waals surface area contributed by atoms with E-state index < -0.39 is 11.9 Å². The molecule has 0 radical (unpaired) electrons. The predicted molar refractivity (Wildman–Crippen MR) is 138 cm³/mol. The predicted octanol–water partition coefficient (Wildman–Crippen LogP) is 4.92. The number of aromatic nitrogens is 1. The number of nitrogens with one attached hydrogen (secondary N) is 1. The highest BCUT2D eigenvalue weighted by molar-refractivity contribution is 6.33. The summed E-state index contributed by atoms with van der Waals surface area (Å²) in [7, 11) is 0. The van der Waals surface area contributed by atoms with Gasteiger partial charge in [0.25, 0.3) is 5.91 Å². The molecule has 0 aliphatic carbocycles. The van der Waals surface area contributed by atoms with Crippen molar-refractivity contribution in [2.45, 2.75) is 6.54 Å². The number of carboxylic acid groups (broad SMARTS) is 1. The maximum atomic E-state index is 12.8. The van der Waals surface area contributed by atoms with E-state index in [9.17, 15) is 19.5 Å². The molecule has 8 nitrogen and oxygen atoms in total. The lowest BCUT2D eigenvalue weighted by atomic mass is 10.1. The molecular formula is C27H18ClN3O5. The first kappa shape index (κ1) is 23.1. The summed E-state index contributed by atoms with van der Waals surface area (Å²) in [4.78, 5) is 36.8. The molecule has 0 unspecified atom stereocenters. The van der Waals surface area contributed by atoms with Crippen molar-refractivity contribution in [3.8, 4) is 11.3 Å². The molecule has 9 heteroatoms. The number of amides is 1. The number of hydrogen-bond acceptors (Lipinski definition) is 5. The minimum Gasteiger partial charge on any atom is -0.478 e. The van der Waals surface area contributed by atoms with E-state index >= 15 is 0 Å². The Hall–Kier alpha value is -4.69. The van der Waals surface area contributed by atoms with E-state index in [2.05, 4.69) is 10.5 Å². The number of pyridine rings is 1. The summed E-state index contributed by atoms with van der Waals surface area (Å²) in [5.41, 5.74) is 4.20. The van der Waals surface area contributed by atoms with Gasteiger partial charge in [0.1, 0.15) is 18.1 Å². The molecule has 2 aromatic heterocycles. The minimum absolute atomic E-state index is 0.0559. The van der Waals surface area contributed by atoms with Gasteiger partial charge in [-0.05, 0) is 54.6 Å². The van der Waals surface area contributed by atoms with Crippen LogP contribution in [0.5, 0.6) is 0 Å². The standard InChI is InChI=1S/C27H18ClN3O5/c28-21-11-9-16(27(34)35)13-20(21)24-12-10-17(36-24)14-29-30-25(32)15-31-22-7-3-1-5-18(22)26(33)19-6-2-4-8-23(19)31/h1-14H,15H2,(H,30,32)(H,34,35)/b29-14-. The number of furan rings is 1. The van der Waals surface area contributed by atoms with Gasteiger partial charge in [0.15, 0.2) is 5.43 Å². The average Bonchev–Trinajstić information content (AvgIpc) is 3.35. The quantitative estimate of drug-likeness (QED) is 0.195. The Balaban J connectivity index is 1.36. The number of nitrogens with zero attached hydrogens (tertiary/aromatic N) is 2. The Morgan fingerprint density at radius 2 is 1.64 bits per heavy atom. The van der Waals surface area contributed by atoms with Gasteiger partial charge in [0, 0.05) is 16.3 Å². The Morgan fingerprint density at radius 3 is 2.31 bits per heavy atom. The van der Waals surface area contributed by atoms with Gasteiger partial charge in [-0.1, -0.05) is 35.9 Å². The molecule has 0 atom stereocenters. The van der Waals surface area contributed by atoms with Crippen LogP contribution >= 0.6 is 11.6 Å². The van der Waals surface area contributed by atoms with Gasteiger partial charge in [0.2, 0.25) is 0 Å². The molecular weight excluding hydrogens is 482 g/mol. The maximum Gasteiger partial charge on any atom is 0.335 e. The van der Waals surface area contributed by atoms with Crippen molar-refractivity contribution in [2.75, 3.05) is 0 Å². The normalized spacial score (nSPS) is 11.4. The summed E-state index contributed by atoms with van der Waals surface area (Å²) in [5, 5.41) is 14.6. The van der Waals surface area contributed by atoms with Gasteiger partial charge >= 0.3 is 5.97 Å². The average molecular weight is 500 g/mol. The van der Waals surface area contributed by atoms with Crippen LogP contribution in [0.1, 0.15) is 16.1 Å². The fraction of sp³-hybridized carbons (Fsp3) is 0.0370. The van der Waals surface area contributed by atoms with Crippen molar-refractivity contribution >= 4 is 51.5 Å². The van der Waals surface area contributed by atoms with Crippen LogP contribution in [0.25, 0.3) is 33.1 Å². The zero-order chi connectivity index (χ0) is 25.2. The number of para-hydroxylation sites is 2. The molecule has 3 aromatic carbocycles. The smallest absolute Gasteiger partial charge is 0.335 e. The topological polar surface area (TPSA) is 114 Å². The lowest BCUT2D eigenvalue weighted by Crippen LogP contribution is -2.25. The van der Waals surface area contributed by atoms with Crippen LogP contribution in [0.4, 0.5) is 0 Å². The first-order chi connectivity index (χ1) is 17.4. The molecule has 5 rings (SSSR count). The van der Waals surface area contributed by atoms with E-state index in [4.69, 9.17) is 16.0 Å². The first-order valence-electron chi connectivity index (χ1n) is 10.9. The minimum atomic E-state index is -1.08. The summed E-state index contributed by atoms with van der Waals surface area (Å²) in [6.45, 7) is -0.0559. The molecule has 0 aliphatic heterocycles. The van der Waals surface area contributed by atoms with Gasteiger partial charge in [-0.2, -0.15) is 5.10 Å². The van der Waals surface area contributed by atoms with Crippen molar-refractivity contribution in [1.29, 1.82) is 0 Å². The van der Waals surface area contributed by atoms with Crippen LogP contribution in [0.3, 0.4) is 0 Å². The van der Waals surface area contributed by atoms with Crippen LogP contribution in [0.15, 0.2) is 93.2 Å². The van der Waals surface area contributed by atoms with Crippen LogP contribution in [-0.2, 0) is 11.3 Å². The van der Waals surface area contributed by atoms with Crippen LogP contribution in [-0.4, -0.2) is 27.8 Å². The first-order valence-corrected chi connectivity index (χ1v) is 11.3. The van der Waals surface area contributed by atoms with Crippen molar-refractivity contribution in [3.05, 3.63) is 105 Å². The van der Waals surface area contributed by atoms with Crippen molar-refractivity contribution < 1.29 is 19.1 Å². The summed E-state index contributed by atoms with van der Waals surface area (Å²) in [6, 6.07) is 21.9. The second-order valence-electron chi connectivity index (χ2n) is 7.94. The van der Waals surface area contributed by atoms with Gasteiger partial charge < -0.3 is 14.1 Å². The molecule has 0 aliphatic rings. The van der Waals surface area contributed by atoms with E-state index in [1.165, 1.54) is 24.4 Å². The highest BCUT2D eigenvalue weighted by Crippen LogP contribution is 2.30. The maximum absolute atomic E-state index is 12.8. The van der Waals surface area contributed by atoms with E-state index in [-0.39, 0.29) is 17.5 Å². The number of halogens is 1. The van der Waals surface area contributed by atoms with E-state index in [1.54, 1.807) is 53.1 Å². The number of hydrogen-bond donors (Lipinski definition) is 2. The zero-order valence-corrected chi connectivity index (χ0v) is 19.4. The third-order valence-electron chi connectivity index (χ3n) is 5.67. The molecule has 5 aromatic rings. The fourth-order valence-corrected chi connectivity index (χ4v) is 4.22. The number of carboxylic acids is 1. The second kappa shape index (κ2) is 9.52. The van der Waals surface area contributed by atoms with Crippen LogP contribution < -0.4 is 10.9 Å². The van der Waals surface area contributed by atoms with Crippen LogP contribution in [0.2, 0.25) is 5.02 Å². The lowest BCUT2D eigenvalue weighted by Gasteiger charge is -2.14. The molecule has 2 heterocycles. The second-order valence-corrected chi connectivity index (χ2v) is 8.35. The van der Waals surface area contributed by atoms with Crippen molar-refractivity contribution in [1.82, 2.24) is 9.99 Å². The van der Waals surface area contributed by atoms with Crippen LogP contribution in [0, 0.1) is 0 Å². The van der Waals surface area contributed by atoms with E-state index in [0.29, 0.717) is 43.9 Å².